The van der Waals surface area contributed by atoms with Gasteiger partial charge in [0.05, 0.1) is 11.6 Å². The lowest BCUT2D eigenvalue weighted by Gasteiger charge is -2.34. The third-order valence-electron chi connectivity index (χ3n) is 5.80. The van der Waals surface area contributed by atoms with Crippen molar-refractivity contribution in [2.45, 2.75) is 57.3 Å². The molecule has 2 aromatic heterocycles. The second kappa shape index (κ2) is 7.01. The van der Waals surface area contributed by atoms with E-state index >= 15 is 0 Å². The van der Waals surface area contributed by atoms with Crippen LogP contribution in [0.2, 0.25) is 0 Å². The number of hydrogen-bond acceptors (Lipinski definition) is 7. The van der Waals surface area contributed by atoms with E-state index in [0.717, 1.165) is 43.7 Å². The first kappa shape index (κ1) is 18.6. The lowest BCUT2D eigenvalue weighted by Crippen LogP contribution is -2.54. The van der Waals surface area contributed by atoms with Crippen molar-refractivity contribution in [3.63, 3.8) is 0 Å². The van der Waals surface area contributed by atoms with Crippen LogP contribution in [-0.4, -0.2) is 53.5 Å². The summed E-state index contributed by atoms with van der Waals surface area (Å²) < 4.78 is 2.52. The first-order valence-corrected chi connectivity index (χ1v) is 9.53. The molecule has 0 bridgehead atoms. The number of aliphatic hydroxyl groups excluding tert-OH is 1. The number of aromatic nitrogens is 5. The van der Waals surface area contributed by atoms with Crippen LogP contribution in [0.4, 0.5) is 5.82 Å². The molecule has 0 radical (unpaired) electrons. The lowest BCUT2D eigenvalue weighted by molar-refractivity contribution is -0.123. The molecule has 28 heavy (non-hydrogen) atoms. The van der Waals surface area contributed by atoms with Gasteiger partial charge in [-0.25, -0.2) is 19.4 Å². The molecule has 1 saturated carbocycles. The number of rotatable bonds is 5. The van der Waals surface area contributed by atoms with E-state index in [-0.39, 0.29) is 36.3 Å². The van der Waals surface area contributed by atoms with E-state index in [0.29, 0.717) is 5.82 Å². The Bertz CT molecular complexity index is 953. The van der Waals surface area contributed by atoms with E-state index in [1.54, 1.807) is 7.05 Å². The van der Waals surface area contributed by atoms with Gasteiger partial charge in [0.1, 0.15) is 25.3 Å². The number of nitrogens with one attached hydrogen (secondary N) is 1. The fourth-order valence-corrected chi connectivity index (χ4v) is 4.57. The summed E-state index contributed by atoms with van der Waals surface area (Å²) in [6.45, 7) is 2.37. The molecule has 2 unspecified atom stereocenters. The topological polar surface area (TPSA) is 118 Å². The number of carbonyl (C=O) groups is 1. The summed E-state index contributed by atoms with van der Waals surface area (Å²) in [6, 6.07) is 2.06. The largest absolute Gasteiger partial charge is 0.388 e. The molecule has 0 aromatic carbocycles. The smallest absolute Gasteiger partial charge is 0.345 e. The Labute approximate surface area is 162 Å². The van der Waals surface area contributed by atoms with Gasteiger partial charge in [0, 0.05) is 25.4 Å². The van der Waals surface area contributed by atoms with Crippen LogP contribution in [0.3, 0.4) is 0 Å². The Hall–Kier alpha value is -2.75. The SMILES string of the molecule is Cc1cc(N2CCC3(NC(=O)Cn4ncn(C)c4=O)CCCC23)nc(CO)n1. The zero-order valence-electron chi connectivity index (χ0n) is 16.1. The molecule has 4 rings (SSSR count). The van der Waals surface area contributed by atoms with Crippen LogP contribution in [0.25, 0.3) is 0 Å². The van der Waals surface area contributed by atoms with Crippen molar-refractivity contribution in [1.82, 2.24) is 29.6 Å². The quantitative estimate of drug-likeness (QED) is 0.709. The van der Waals surface area contributed by atoms with Crippen molar-refractivity contribution in [2.75, 3.05) is 11.4 Å². The average molecular weight is 387 g/mol. The monoisotopic (exact) mass is 387 g/mol. The van der Waals surface area contributed by atoms with Gasteiger partial charge in [-0.05, 0) is 32.6 Å². The number of aliphatic hydroxyl groups is 1. The van der Waals surface area contributed by atoms with Gasteiger partial charge in [0.15, 0.2) is 5.82 Å². The first-order valence-electron chi connectivity index (χ1n) is 9.53. The molecule has 2 atom stereocenters. The zero-order valence-corrected chi connectivity index (χ0v) is 16.1. The Kier molecular flexibility index (Phi) is 4.66. The van der Waals surface area contributed by atoms with E-state index in [4.69, 9.17) is 0 Å². The third kappa shape index (κ3) is 3.17. The molecule has 0 spiro atoms. The number of aryl methyl sites for hydroxylation is 2. The summed E-state index contributed by atoms with van der Waals surface area (Å²) in [5.41, 5.74) is 0.174. The highest BCUT2D eigenvalue weighted by atomic mass is 16.3. The van der Waals surface area contributed by atoms with Gasteiger partial charge < -0.3 is 15.3 Å². The molecule has 2 N–H and O–H groups in total. The molecule has 2 aliphatic rings. The maximum absolute atomic E-state index is 12.7. The van der Waals surface area contributed by atoms with E-state index in [1.807, 2.05) is 13.0 Å². The van der Waals surface area contributed by atoms with Gasteiger partial charge in [-0.2, -0.15) is 5.10 Å². The van der Waals surface area contributed by atoms with E-state index in [2.05, 4.69) is 25.3 Å². The van der Waals surface area contributed by atoms with Crippen molar-refractivity contribution >= 4 is 11.7 Å². The van der Waals surface area contributed by atoms with Crippen LogP contribution < -0.4 is 15.9 Å². The van der Waals surface area contributed by atoms with Crippen LogP contribution in [0.1, 0.15) is 37.2 Å². The second-order valence-electron chi connectivity index (χ2n) is 7.68. The number of carbonyl (C=O) groups excluding carboxylic acids is 1. The normalized spacial score (nSPS) is 23.8. The van der Waals surface area contributed by atoms with Crippen LogP contribution in [0.15, 0.2) is 17.2 Å². The van der Waals surface area contributed by atoms with Crippen molar-refractivity contribution in [3.8, 4) is 0 Å². The highest BCUT2D eigenvalue weighted by Gasteiger charge is 2.51. The van der Waals surface area contributed by atoms with E-state index in [1.165, 1.54) is 15.6 Å². The molecular formula is C18H25N7O3. The second-order valence-corrected chi connectivity index (χ2v) is 7.68. The predicted molar refractivity (Wildman–Crippen MR) is 101 cm³/mol. The predicted octanol–water partition coefficient (Wildman–Crippen LogP) is -0.510. The van der Waals surface area contributed by atoms with Crippen molar-refractivity contribution in [2.24, 2.45) is 7.05 Å². The molecule has 2 aromatic rings. The fourth-order valence-electron chi connectivity index (χ4n) is 4.57. The van der Waals surface area contributed by atoms with Crippen molar-refractivity contribution in [1.29, 1.82) is 0 Å². The summed E-state index contributed by atoms with van der Waals surface area (Å²) in [6.07, 6.45) is 5.09. The highest BCUT2D eigenvalue weighted by molar-refractivity contribution is 5.77. The van der Waals surface area contributed by atoms with E-state index in [9.17, 15) is 14.7 Å². The van der Waals surface area contributed by atoms with Gasteiger partial charge >= 0.3 is 5.69 Å². The van der Waals surface area contributed by atoms with Gasteiger partial charge in [-0.3, -0.25) is 9.36 Å². The third-order valence-corrected chi connectivity index (χ3v) is 5.80. The minimum atomic E-state index is -0.326. The summed E-state index contributed by atoms with van der Waals surface area (Å²) in [7, 11) is 1.61. The van der Waals surface area contributed by atoms with Gasteiger partial charge in [-0.1, -0.05) is 0 Å². The molecule has 1 amide bonds. The fraction of sp³-hybridized carbons (Fsp3) is 0.611. The van der Waals surface area contributed by atoms with E-state index < -0.39 is 0 Å². The van der Waals surface area contributed by atoms with Crippen molar-refractivity contribution in [3.05, 3.63) is 34.4 Å². The maximum atomic E-state index is 12.7. The molecule has 150 valence electrons. The number of nitrogens with zero attached hydrogens (tertiary/aromatic N) is 6. The number of amides is 1. The summed E-state index contributed by atoms with van der Waals surface area (Å²) in [5, 5.41) is 16.6. The highest BCUT2D eigenvalue weighted by Crippen LogP contribution is 2.43. The molecule has 3 heterocycles. The maximum Gasteiger partial charge on any atom is 0.345 e. The van der Waals surface area contributed by atoms with Gasteiger partial charge in [0.25, 0.3) is 0 Å². The minimum absolute atomic E-state index is 0.0879. The Morgan fingerprint density at radius 1 is 1.39 bits per heavy atom. The Morgan fingerprint density at radius 3 is 2.93 bits per heavy atom. The number of anilines is 1. The Morgan fingerprint density at radius 2 is 2.21 bits per heavy atom. The van der Waals surface area contributed by atoms with Crippen LogP contribution in [-0.2, 0) is 25.0 Å². The number of hydrogen-bond donors (Lipinski definition) is 2. The molecule has 2 fully saturated rings. The van der Waals surface area contributed by atoms with Gasteiger partial charge in [0.2, 0.25) is 5.91 Å². The summed E-state index contributed by atoms with van der Waals surface area (Å²) in [5.74, 6) is 0.994. The first-order chi connectivity index (χ1) is 13.4. The molecule has 1 aliphatic carbocycles. The van der Waals surface area contributed by atoms with Crippen LogP contribution in [0.5, 0.6) is 0 Å². The zero-order chi connectivity index (χ0) is 19.9. The summed E-state index contributed by atoms with van der Waals surface area (Å²) >= 11 is 0. The molecule has 1 saturated heterocycles. The molecule has 1 aliphatic heterocycles. The van der Waals surface area contributed by atoms with Crippen molar-refractivity contribution < 1.29 is 9.90 Å². The molecule has 10 nitrogen and oxygen atoms in total. The van der Waals surface area contributed by atoms with Crippen LogP contribution >= 0.6 is 0 Å². The Balaban J connectivity index is 1.53. The number of fused-ring (bicyclic) bond motifs is 1. The lowest BCUT2D eigenvalue weighted by atomic mass is 9.93. The standard InChI is InChI=1S/C18H25N7O3/c1-12-8-15(21-14(10-26)20-12)24-7-6-18(5-3-4-13(18)24)22-16(27)9-25-17(28)23(2)11-19-25/h8,11,13,26H,3-7,9-10H2,1-2H3,(H,22,27). The average Bonchev–Trinajstić information content (AvgIpc) is 3.30. The van der Waals surface area contributed by atoms with Gasteiger partial charge in [-0.15, -0.1) is 0 Å². The molecule has 10 heteroatoms. The minimum Gasteiger partial charge on any atom is -0.388 e. The van der Waals surface area contributed by atoms with Crippen LogP contribution in [0, 0.1) is 6.92 Å². The summed E-state index contributed by atoms with van der Waals surface area (Å²) in [4.78, 5) is 35.5. The molecular weight excluding hydrogens is 362 g/mol.